The summed E-state index contributed by atoms with van der Waals surface area (Å²) in [6.07, 6.45) is 97.2. The van der Waals surface area contributed by atoms with E-state index in [0.29, 0.717) is 25.9 Å². The number of aliphatic hydroxyl groups excluding tert-OH is 2. The molecule has 0 aromatic heterocycles. The molecule has 0 saturated heterocycles. The van der Waals surface area contributed by atoms with Gasteiger partial charge in [-0.2, -0.15) is 0 Å². The highest BCUT2D eigenvalue weighted by atomic mass is 16.5. The first-order valence-electron chi connectivity index (χ1n) is 39.6. The van der Waals surface area contributed by atoms with Gasteiger partial charge in [-0.3, -0.25) is 9.59 Å². The summed E-state index contributed by atoms with van der Waals surface area (Å²) in [5.41, 5.74) is 0. The topological polar surface area (TPSA) is 95.9 Å². The smallest absolute Gasteiger partial charge is 0.305 e. The zero-order valence-electron chi connectivity index (χ0n) is 58.6. The first-order chi connectivity index (χ1) is 42.5. The second kappa shape index (κ2) is 75.8. The van der Waals surface area contributed by atoms with Crippen molar-refractivity contribution >= 4 is 11.9 Å². The normalized spacial score (nSPS) is 12.6. The Morgan fingerprint density at radius 1 is 0.326 bits per heavy atom. The minimum atomic E-state index is -0.660. The van der Waals surface area contributed by atoms with E-state index in [1.54, 1.807) is 0 Å². The van der Waals surface area contributed by atoms with Gasteiger partial charge in [0.05, 0.1) is 25.4 Å². The molecule has 6 heteroatoms. The molecule has 2 unspecified atom stereocenters. The molecule has 0 aromatic carbocycles. The van der Waals surface area contributed by atoms with Crippen molar-refractivity contribution in [3.05, 3.63) is 24.3 Å². The lowest BCUT2D eigenvalue weighted by molar-refractivity contribution is -0.143. The molecule has 6 nitrogen and oxygen atoms in total. The molecule has 0 heterocycles. The van der Waals surface area contributed by atoms with Crippen molar-refractivity contribution in [2.75, 3.05) is 13.2 Å². The monoisotopic (exact) mass is 1210 g/mol. The van der Waals surface area contributed by atoms with E-state index < -0.39 is 12.1 Å². The van der Waals surface area contributed by atoms with Crippen molar-refractivity contribution in [1.29, 1.82) is 0 Å². The number of hydrogen-bond acceptors (Lipinski definition) is 5. The van der Waals surface area contributed by atoms with Crippen LogP contribution in [0.3, 0.4) is 0 Å². The zero-order valence-corrected chi connectivity index (χ0v) is 58.6. The molecule has 86 heavy (non-hydrogen) atoms. The molecule has 0 saturated carbocycles. The average molecular weight is 1210 g/mol. The number of hydrogen-bond donors (Lipinski definition) is 3. The number of esters is 1. The second-order valence-electron chi connectivity index (χ2n) is 27.4. The predicted molar refractivity (Wildman–Crippen MR) is 380 cm³/mol. The summed E-state index contributed by atoms with van der Waals surface area (Å²) in [4.78, 5) is 24.6. The van der Waals surface area contributed by atoms with Crippen LogP contribution in [0.1, 0.15) is 450 Å². The van der Waals surface area contributed by atoms with Crippen LogP contribution >= 0.6 is 0 Å². The Morgan fingerprint density at radius 3 is 0.884 bits per heavy atom. The molecular weight excluding hydrogens is 1050 g/mol. The highest BCUT2D eigenvalue weighted by Crippen LogP contribution is 2.20. The fourth-order valence-corrected chi connectivity index (χ4v) is 12.7. The standard InChI is InChI=1S/C80H155NO5/c1-3-5-7-9-11-13-15-16-17-18-40-44-47-50-54-58-62-66-70-74-80(85)86-75-71-67-63-59-55-51-48-45-42-39-37-35-33-31-29-27-25-23-21-19-20-22-24-26-28-30-32-34-36-38-41-43-46-49-53-57-61-65-69-73-79(84)81-77(76-82)78(83)72-68-64-60-56-52-14-12-10-8-6-4-2/h19-20,23,25,77-78,82-83H,3-18,21-22,24,26-76H2,1-2H3,(H,81,84)/b20-19-,25-23-. The molecule has 1 amide bonds. The van der Waals surface area contributed by atoms with Crippen LogP contribution in [0.2, 0.25) is 0 Å². The van der Waals surface area contributed by atoms with Gasteiger partial charge in [0.15, 0.2) is 0 Å². The molecule has 0 aromatic rings. The molecule has 0 spiro atoms. The molecule has 510 valence electrons. The Balaban J connectivity index is 3.31. The van der Waals surface area contributed by atoms with E-state index in [1.165, 1.54) is 372 Å². The van der Waals surface area contributed by atoms with Gasteiger partial charge in [-0.05, 0) is 57.8 Å². The lowest BCUT2D eigenvalue weighted by Gasteiger charge is -2.22. The van der Waals surface area contributed by atoms with Gasteiger partial charge in [0.25, 0.3) is 0 Å². The number of unbranched alkanes of at least 4 members (excludes halogenated alkanes) is 60. The highest BCUT2D eigenvalue weighted by Gasteiger charge is 2.20. The maximum atomic E-state index is 12.5. The summed E-state index contributed by atoms with van der Waals surface area (Å²) in [5.74, 6) is -0.00452. The molecule has 0 rings (SSSR count). The third kappa shape index (κ3) is 71.4. The summed E-state index contributed by atoms with van der Waals surface area (Å²) < 4.78 is 5.52. The van der Waals surface area contributed by atoms with Crippen LogP contribution in [0.4, 0.5) is 0 Å². The van der Waals surface area contributed by atoms with E-state index in [9.17, 15) is 19.8 Å². The molecule has 0 bridgehead atoms. The number of allylic oxidation sites excluding steroid dienone is 4. The number of carbonyl (C=O) groups is 2. The summed E-state index contributed by atoms with van der Waals surface area (Å²) in [7, 11) is 0. The first kappa shape index (κ1) is 84.3. The van der Waals surface area contributed by atoms with Crippen molar-refractivity contribution in [3.8, 4) is 0 Å². The Labute approximate surface area is 539 Å². The van der Waals surface area contributed by atoms with Crippen LogP contribution in [0.5, 0.6) is 0 Å². The number of ether oxygens (including phenoxy) is 1. The van der Waals surface area contributed by atoms with Gasteiger partial charge in [0.2, 0.25) is 5.91 Å². The van der Waals surface area contributed by atoms with Gasteiger partial charge in [-0.15, -0.1) is 0 Å². The molecule has 0 aliphatic heterocycles. The number of aliphatic hydroxyl groups is 2. The van der Waals surface area contributed by atoms with Crippen LogP contribution in [-0.2, 0) is 14.3 Å². The summed E-state index contributed by atoms with van der Waals surface area (Å²) >= 11 is 0. The predicted octanol–water partition coefficient (Wildman–Crippen LogP) is 26.0. The molecule has 0 aliphatic rings. The van der Waals surface area contributed by atoms with Gasteiger partial charge < -0.3 is 20.3 Å². The average Bonchev–Trinajstić information content (AvgIpc) is 3.58. The Hall–Kier alpha value is -1.66. The maximum absolute atomic E-state index is 12.5. The summed E-state index contributed by atoms with van der Waals surface area (Å²) in [6, 6.07) is -0.537. The minimum absolute atomic E-state index is 0.0260. The maximum Gasteiger partial charge on any atom is 0.305 e. The van der Waals surface area contributed by atoms with Gasteiger partial charge in [-0.25, -0.2) is 0 Å². The molecule has 0 aliphatic carbocycles. The third-order valence-corrected chi connectivity index (χ3v) is 18.8. The van der Waals surface area contributed by atoms with Crippen LogP contribution in [-0.4, -0.2) is 47.4 Å². The van der Waals surface area contributed by atoms with Gasteiger partial charge in [0.1, 0.15) is 0 Å². The van der Waals surface area contributed by atoms with Crippen LogP contribution in [0, 0.1) is 0 Å². The number of amides is 1. The van der Waals surface area contributed by atoms with Gasteiger partial charge >= 0.3 is 5.97 Å². The number of nitrogens with one attached hydrogen (secondary N) is 1. The Morgan fingerprint density at radius 2 is 0.581 bits per heavy atom. The Kier molecular flexibility index (Phi) is 74.3. The second-order valence-corrected chi connectivity index (χ2v) is 27.4. The highest BCUT2D eigenvalue weighted by molar-refractivity contribution is 5.76. The first-order valence-corrected chi connectivity index (χ1v) is 39.6. The SMILES string of the molecule is CCCCCCCCCCCCCCCCCCCCCC(=O)OCCCCCCCCCCCCCCCCC/C=C\C/C=C\CCCCCCCCCCCCCCCCCCCC(=O)NC(CO)C(O)CCCCCCCCCCCCC. The Bertz CT molecular complexity index is 1350. The molecule has 0 radical (unpaired) electrons. The minimum Gasteiger partial charge on any atom is -0.466 e. The summed E-state index contributed by atoms with van der Waals surface area (Å²) in [6.45, 7) is 4.99. The quantitative estimate of drug-likeness (QED) is 0.0320. The fraction of sp³-hybridized carbons (Fsp3) is 0.925. The van der Waals surface area contributed by atoms with Crippen LogP contribution < -0.4 is 5.32 Å². The van der Waals surface area contributed by atoms with Crippen molar-refractivity contribution in [1.82, 2.24) is 5.32 Å². The van der Waals surface area contributed by atoms with E-state index in [-0.39, 0.29) is 18.5 Å². The van der Waals surface area contributed by atoms with Crippen LogP contribution in [0.15, 0.2) is 24.3 Å². The van der Waals surface area contributed by atoms with Crippen molar-refractivity contribution < 1.29 is 24.5 Å². The van der Waals surface area contributed by atoms with E-state index in [4.69, 9.17) is 4.74 Å². The number of carbonyl (C=O) groups excluding carboxylic acids is 2. The summed E-state index contributed by atoms with van der Waals surface area (Å²) in [5, 5.41) is 23.2. The molecule has 2 atom stereocenters. The lowest BCUT2D eigenvalue weighted by atomic mass is 10.0. The zero-order chi connectivity index (χ0) is 62.0. The fourth-order valence-electron chi connectivity index (χ4n) is 12.7. The van der Waals surface area contributed by atoms with Crippen molar-refractivity contribution in [2.24, 2.45) is 0 Å². The van der Waals surface area contributed by atoms with Gasteiger partial charge in [0, 0.05) is 12.8 Å². The number of rotatable bonds is 75. The van der Waals surface area contributed by atoms with E-state index in [1.807, 2.05) is 0 Å². The van der Waals surface area contributed by atoms with Gasteiger partial charge in [-0.1, -0.05) is 404 Å². The van der Waals surface area contributed by atoms with Crippen molar-refractivity contribution in [2.45, 2.75) is 463 Å². The van der Waals surface area contributed by atoms with Crippen LogP contribution in [0.25, 0.3) is 0 Å². The largest absolute Gasteiger partial charge is 0.466 e. The molecule has 0 fully saturated rings. The third-order valence-electron chi connectivity index (χ3n) is 18.8. The van der Waals surface area contributed by atoms with Crippen molar-refractivity contribution in [3.63, 3.8) is 0 Å². The lowest BCUT2D eigenvalue weighted by Crippen LogP contribution is -2.45. The van der Waals surface area contributed by atoms with E-state index in [0.717, 1.165) is 44.9 Å². The van der Waals surface area contributed by atoms with E-state index >= 15 is 0 Å². The molecular formula is C80H155NO5. The van der Waals surface area contributed by atoms with E-state index in [2.05, 4.69) is 43.5 Å². The molecule has 3 N–H and O–H groups in total.